The smallest absolute Gasteiger partial charge is 0.296 e. The van der Waals surface area contributed by atoms with Gasteiger partial charge < -0.3 is 5.32 Å². The van der Waals surface area contributed by atoms with E-state index in [4.69, 9.17) is 4.18 Å². The summed E-state index contributed by atoms with van der Waals surface area (Å²) in [5.41, 5.74) is 2.82. The molecule has 0 radical (unpaired) electrons. The summed E-state index contributed by atoms with van der Waals surface area (Å²) in [6.45, 7) is 2.00. The highest BCUT2D eigenvalue weighted by molar-refractivity contribution is 7.86. The zero-order valence-corrected chi connectivity index (χ0v) is 17.0. The van der Waals surface area contributed by atoms with Crippen LogP contribution in [0.1, 0.15) is 30.4 Å². The van der Waals surface area contributed by atoms with Gasteiger partial charge in [-0.25, -0.2) is 0 Å². The third-order valence-electron chi connectivity index (χ3n) is 4.69. The van der Waals surface area contributed by atoms with Gasteiger partial charge >= 0.3 is 0 Å². The standard InChI is InChI=1S/C21H24N2O5S/c1-15-4-10-18(11-5-15)29(26,27)28-14-2-3-16-6-8-17(9-7-16)22-19-12-13-20(24)23-21(19)25/h4-11,19,22H,2-3,12-14H2,1H3,(H,23,24,25). The first-order valence-electron chi connectivity index (χ1n) is 9.49. The van der Waals surface area contributed by atoms with Crippen molar-refractivity contribution in [2.45, 2.75) is 43.5 Å². The van der Waals surface area contributed by atoms with Gasteiger partial charge in [-0.1, -0.05) is 29.8 Å². The number of aryl methyl sites for hydroxylation is 2. The first kappa shape index (κ1) is 21.0. The summed E-state index contributed by atoms with van der Waals surface area (Å²) in [7, 11) is -3.74. The van der Waals surface area contributed by atoms with E-state index in [0.717, 1.165) is 16.8 Å². The molecule has 3 rings (SSSR count). The molecule has 1 fully saturated rings. The molecule has 0 spiro atoms. The lowest BCUT2D eigenvalue weighted by molar-refractivity contribution is -0.133. The quantitative estimate of drug-likeness (QED) is 0.390. The highest BCUT2D eigenvalue weighted by Gasteiger charge is 2.26. The van der Waals surface area contributed by atoms with Crippen LogP contribution in [0.4, 0.5) is 5.69 Å². The number of imide groups is 1. The highest BCUT2D eigenvalue weighted by Crippen LogP contribution is 2.17. The van der Waals surface area contributed by atoms with Crippen LogP contribution in [0.3, 0.4) is 0 Å². The minimum atomic E-state index is -3.74. The highest BCUT2D eigenvalue weighted by atomic mass is 32.2. The van der Waals surface area contributed by atoms with E-state index in [1.54, 1.807) is 24.3 Å². The van der Waals surface area contributed by atoms with Gasteiger partial charge in [0.25, 0.3) is 10.1 Å². The van der Waals surface area contributed by atoms with Crippen LogP contribution >= 0.6 is 0 Å². The number of carbonyl (C=O) groups excluding carboxylic acids is 2. The van der Waals surface area contributed by atoms with E-state index in [1.165, 1.54) is 0 Å². The first-order valence-corrected chi connectivity index (χ1v) is 10.9. The minimum Gasteiger partial charge on any atom is -0.374 e. The fourth-order valence-electron chi connectivity index (χ4n) is 3.02. The Morgan fingerprint density at radius 2 is 1.76 bits per heavy atom. The number of hydrogen-bond donors (Lipinski definition) is 2. The molecule has 1 aliphatic rings. The van der Waals surface area contributed by atoms with E-state index >= 15 is 0 Å². The van der Waals surface area contributed by atoms with Crippen molar-refractivity contribution in [1.82, 2.24) is 5.32 Å². The molecule has 29 heavy (non-hydrogen) atoms. The fraction of sp³-hybridized carbons (Fsp3) is 0.333. The maximum atomic E-state index is 12.2. The lowest BCUT2D eigenvalue weighted by Crippen LogP contribution is -2.47. The van der Waals surface area contributed by atoms with Gasteiger partial charge in [0, 0.05) is 12.1 Å². The molecule has 1 unspecified atom stereocenters. The second kappa shape index (κ2) is 9.19. The average Bonchev–Trinajstić information content (AvgIpc) is 2.69. The van der Waals surface area contributed by atoms with Gasteiger partial charge in [-0.15, -0.1) is 0 Å². The third-order valence-corrected chi connectivity index (χ3v) is 6.02. The molecule has 1 heterocycles. The summed E-state index contributed by atoms with van der Waals surface area (Å²) >= 11 is 0. The number of rotatable bonds is 8. The maximum Gasteiger partial charge on any atom is 0.296 e. The average molecular weight is 416 g/mol. The van der Waals surface area contributed by atoms with Gasteiger partial charge in [0.1, 0.15) is 6.04 Å². The number of hydrogen-bond acceptors (Lipinski definition) is 6. The van der Waals surface area contributed by atoms with Crippen molar-refractivity contribution in [2.24, 2.45) is 0 Å². The molecule has 2 N–H and O–H groups in total. The summed E-state index contributed by atoms with van der Waals surface area (Å²) < 4.78 is 29.4. The van der Waals surface area contributed by atoms with Crippen LogP contribution in [0.5, 0.6) is 0 Å². The van der Waals surface area contributed by atoms with Crippen molar-refractivity contribution in [3.8, 4) is 0 Å². The van der Waals surface area contributed by atoms with E-state index in [2.05, 4.69) is 10.6 Å². The SMILES string of the molecule is Cc1ccc(S(=O)(=O)OCCCc2ccc(NC3CCC(=O)NC3=O)cc2)cc1. The second-order valence-electron chi connectivity index (χ2n) is 7.04. The Morgan fingerprint density at radius 1 is 1.07 bits per heavy atom. The molecule has 8 heteroatoms. The van der Waals surface area contributed by atoms with Gasteiger partial charge in [-0.3, -0.25) is 19.1 Å². The lowest BCUT2D eigenvalue weighted by atomic mass is 10.1. The summed E-state index contributed by atoms with van der Waals surface area (Å²) in [6, 6.07) is 13.7. The van der Waals surface area contributed by atoms with E-state index in [-0.39, 0.29) is 23.3 Å². The zero-order valence-electron chi connectivity index (χ0n) is 16.2. The van der Waals surface area contributed by atoms with Crippen molar-refractivity contribution in [2.75, 3.05) is 11.9 Å². The molecule has 0 bridgehead atoms. The van der Waals surface area contributed by atoms with Gasteiger partial charge in [-0.05, 0) is 56.0 Å². The number of amides is 2. The monoisotopic (exact) mass is 416 g/mol. The maximum absolute atomic E-state index is 12.2. The van der Waals surface area contributed by atoms with Crippen molar-refractivity contribution in [1.29, 1.82) is 0 Å². The second-order valence-corrected chi connectivity index (χ2v) is 8.65. The summed E-state index contributed by atoms with van der Waals surface area (Å²) in [5.74, 6) is -0.549. The Morgan fingerprint density at radius 3 is 2.41 bits per heavy atom. The Labute approximate surface area is 170 Å². The number of piperidine rings is 1. The molecule has 2 aromatic rings. The first-order chi connectivity index (χ1) is 13.8. The van der Waals surface area contributed by atoms with Gasteiger partial charge in [-0.2, -0.15) is 8.42 Å². The van der Waals surface area contributed by atoms with Crippen LogP contribution in [-0.2, 0) is 30.3 Å². The van der Waals surface area contributed by atoms with Gasteiger partial charge in [0.2, 0.25) is 11.8 Å². The normalized spacial score (nSPS) is 17.1. The fourth-order valence-corrected chi connectivity index (χ4v) is 3.96. The van der Waals surface area contributed by atoms with Crippen molar-refractivity contribution < 1.29 is 22.2 Å². The van der Waals surface area contributed by atoms with Crippen LogP contribution in [0, 0.1) is 6.92 Å². The molecular formula is C21H24N2O5S. The molecule has 1 aliphatic heterocycles. The van der Waals surface area contributed by atoms with Crippen LogP contribution < -0.4 is 10.6 Å². The van der Waals surface area contributed by atoms with Crippen LogP contribution in [0.25, 0.3) is 0 Å². The molecule has 2 amide bonds. The predicted molar refractivity (Wildman–Crippen MR) is 109 cm³/mol. The van der Waals surface area contributed by atoms with Crippen LogP contribution in [-0.4, -0.2) is 32.9 Å². The minimum absolute atomic E-state index is 0.104. The van der Waals surface area contributed by atoms with E-state index in [0.29, 0.717) is 25.7 Å². The van der Waals surface area contributed by atoms with E-state index < -0.39 is 16.2 Å². The number of anilines is 1. The number of benzene rings is 2. The Hall–Kier alpha value is -2.71. The number of carbonyl (C=O) groups is 2. The summed E-state index contributed by atoms with van der Waals surface area (Å²) in [4.78, 5) is 23.1. The largest absolute Gasteiger partial charge is 0.374 e. The molecule has 0 saturated carbocycles. The van der Waals surface area contributed by atoms with Crippen LogP contribution in [0.2, 0.25) is 0 Å². The number of nitrogens with one attached hydrogen (secondary N) is 2. The summed E-state index contributed by atoms with van der Waals surface area (Å²) in [6.07, 6.45) is 2.03. The Kier molecular flexibility index (Phi) is 6.66. The lowest BCUT2D eigenvalue weighted by Gasteiger charge is -2.22. The Balaban J connectivity index is 1.45. The van der Waals surface area contributed by atoms with Crippen LogP contribution in [0.15, 0.2) is 53.4 Å². The molecule has 0 aliphatic carbocycles. The zero-order chi connectivity index (χ0) is 20.9. The molecule has 1 saturated heterocycles. The molecular weight excluding hydrogens is 392 g/mol. The van der Waals surface area contributed by atoms with Crippen molar-refractivity contribution in [3.05, 3.63) is 59.7 Å². The molecule has 0 aromatic heterocycles. The van der Waals surface area contributed by atoms with E-state index in [9.17, 15) is 18.0 Å². The molecule has 1 atom stereocenters. The molecule has 154 valence electrons. The molecule has 2 aromatic carbocycles. The predicted octanol–water partition coefficient (Wildman–Crippen LogP) is 2.55. The molecule has 7 nitrogen and oxygen atoms in total. The summed E-state index contributed by atoms with van der Waals surface area (Å²) in [5, 5.41) is 5.44. The third kappa shape index (κ3) is 5.88. The van der Waals surface area contributed by atoms with Gasteiger partial charge in [0.15, 0.2) is 0 Å². The van der Waals surface area contributed by atoms with Gasteiger partial charge in [0.05, 0.1) is 11.5 Å². The van der Waals surface area contributed by atoms with Crippen molar-refractivity contribution in [3.63, 3.8) is 0 Å². The Bertz CT molecular complexity index is 969. The topological polar surface area (TPSA) is 102 Å². The van der Waals surface area contributed by atoms with Crippen molar-refractivity contribution >= 4 is 27.6 Å². The van der Waals surface area contributed by atoms with E-state index in [1.807, 2.05) is 31.2 Å².